The molecule has 0 aliphatic heterocycles. The molecule has 0 bridgehead atoms. The summed E-state index contributed by atoms with van der Waals surface area (Å²) in [6, 6.07) is 6.05. The summed E-state index contributed by atoms with van der Waals surface area (Å²) in [5, 5.41) is 1.02. The Bertz CT molecular complexity index is 285. The molecule has 1 aromatic heterocycles. The van der Waals surface area contributed by atoms with Crippen LogP contribution in [0, 0.1) is 5.41 Å². The van der Waals surface area contributed by atoms with Gasteiger partial charge in [0.1, 0.15) is 0 Å². The van der Waals surface area contributed by atoms with Crippen LogP contribution in [0.1, 0.15) is 19.5 Å². The zero-order valence-electron chi connectivity index (χ0n) is 9.70. The van der Waals surface area contributed by atoms with Crippen molar-refractivity contribution in [1.82, 2.24) is 9.88 Å². The summed E-state index contributed by atoms with van der Waals surface area (Å²) in [6.07, 6.45) is 1.85. The van der Waals surface area contributed by atoms with Crippen LogP contribution in [0.15, 0.2) is 24.4 Å². The third kappa shape index (κ3) is 4.76. The summed E-state index contributed by atoms with van der Waals surface area (Å²) in [6.45, 7) is 6.50. The molecule has 0 aromatic carbocycles. The molecule has 0 aliphatic carbocycles. The molecule has 0 saturated heterocycles. The van der Waals surface area contributed by atoms with Gasteiger partial charge < -0.3 is 0 Å². The summed E-state index contributed by atoms with van der Waals surface area (Å²) in [5.74, 6) is 0. The van der Waals surface area contributed by atoms with E-state index in [1.54, 1.807) is 0 Å². The molecule has 1 heterocycles. The highest BCUT2D eigenvalue weighted by Crippen LogP contribution is 2.19. The number of aromatic nitrogens is 1. The Balaban J connectivity index is 2.46. The Morgan fingerprint density at radius 1 is 1.40 bits per heavy atom. The number of nitrogens with zero attached hydrogens (tertiary/aromatic N) is 2. The minimum Gasteiger partial charge on any atom is -0.300 e. The molecule has 0 aliphatic rings. The zero-order chi connectivity index (χ0) is 11.3. The Hall–Kier alpha value is -0.410. The van der Waals surface area contributed by atoms with E-state index >= 15 is 0 Å². The number of hydrogen-bond acceptors (Lipinski definition) is 2. The van der Waals surface area contributed by atoms with Gasteiger partial charge in [0.15, 0.2) is 0 Å². The van der Waals surface area contributed by atoms with Crippen molar-refractivity contribution in [2.75, 3.05) is 18.9 Å². The van der Waals surface area contributed by atoms with Crippen molar-refractivity contribution < 1.29 is 0 Å². The first kappa shape index (κ1) is 12.7. The summed E-state index contributed by atoms with van der Waals surface area (Å²) in [4.78, 5) is 6.63. The van der Waals surface area contributed by atoms with Gasteiger partial charge in [-0.3, -0.25) is 9.88 Å². The largest absolute Gasteiger partial charge is 0.300 e. The molecule has 1 aromatic rings. The molecule has 84 valence electrons. The van der Waals surface area contributed by atoms with Crippen LogP contribution in [0.2, 0.25) is 0 Å². The number of halogens is 1. The van der Waals surface area contributed by atoms with Gasteiger partial charge >= 0.3 is 0 Å². The number of hydrogen-bond donors (Lipinski definition) is 0. The molecule has 0 spiro atoms. The molecule has 2 nitrogen and oxygen atoms in total. The highest BCUT2D eigenvalue weighted by Gasteiger charge is 2.18. The lowest BCUT2D eigenvalue weighted by Crippen LogP contribution is -2.32. The minimum atomic E-state index is 0.309. The van der Waals surface area contributed by atoms with E-state index in [0.29, 0.717) is 5.41 Å². The average Bonchev–Trinajstić information content (AvgIpc) is 2.18. The third-order valence-corrected chi connectivity index (χ3v) is 3.74. The summed E-state index contributed by atoms with van der Waals surface area (Å²) in [7, 11) is 2.14. The zero-order valence-corrected chi connectivity index (χ0v) is 11.3. The minimum absolute atomic E-state index is 0.309. The first-order valence-electron chi connectivity index (χ1n) is 5.18. The maximum absolute atomic E-state index is 4.32. The topological polar surface area (TPSA) is 16.1 Å². The van der Waals surface area contributed by atoms with Crippen LogP contribution in [0.25, 0.3) is 0 Å². The Morgan fingerprint density at radius 2 is 2.13 bits per heavy atom. The predicted molar refractivity (Wildman–Crippen MR) is 68.1 cm³/mol. The fourth-order valence-corrected chi connectivity index (χ4v) is 1.77. The van der Waals surface area contributed by atoms with E-state index in [2.05, 4.69) is 52.8 Å². The van der Waals surface area contributed by atoms with Crippen molar-refractivity contribution in [3.63, 3.8) is 0 Å². The standard InChI is InChI=1S/C12H19BrN2/c1-12(2,9-13)10-15(3)8-11-6-4-5-7-14-11/h4-7H,8-10H2,1-3H3. The van der Waals surface area contributed by atoms with Crippen LogP contribution in [0.4, 0.5) is 0 Å². The van der Waals surface area contributed by atoms with Gasteiger partial charge in [-0.1, -0.05) is 35.8 Å². The second-order valence-corrected chi connectivity index (χ2v) is 5.35. The van der Waals surface area contributed by atoms with Crippen LogP contribution >= 0.6 is 15.9 Å². The molecule has 0 radical (unpaired) electrons. The van der Waals surface area contributed by atoms with Gasteiger partial charge in [0.25, 0.3) is 0 Å². The van der Waals surface area contributed by atoms with Gasteiger partial charge in [0, 0.05) is 24.6 Å². The maximum Gasteiger partial charge on any atom is 0.0543 e. The molecular weight excluding hydrogens is 252 g/mol. The second-order valence-electron chi connectivity index (χ2n) is 4.79. The van der Waals surface area contributed by atoms with E-state index < -0.39 is 0 Å². The van der Waals surface area contributed by atoms with Gasteiger partial charge in [-0.2, -0.15) is 0 Å². The van der Waals surface area contributed by atoms with Gasteiger partial charge in [0.2, 0.25) is 0 Å². The summed E-state index contributed by atoms with van der Waals surface area (Å²) >= 11 is 3.54. The Labute approximate surface area is 101 Å². The second kappa shape index (κ2) is 5.61. The lowest BCUT2D eigenvalue weighted by Gasteiger charge is -2.28. The fraction of sp³-hybridized carbons (Fsp3) is 0.583. The first-order valence-corrected chi connectivity index (χ1v) is 6.30. The van der Waals surface area contributed by atoms with Crippen LogP contribution in [0.3, 0.4) is 0 Å². The number of alkyl halides is 1. The van der Waals surface area contributed by atoms with E-state index in [-0.39, 0.29) is 0 Å². The Kier molecular flexibility index (Phi) is 4.74. The molecule has 0 atom stereocenters. The monoisotopic (exact) mass is 270 g/mol. The van der Waals surface area contributed by atoms with Crippen molar-refractivity contribution in [2.45, 2.75) is 20.4 Å². The van der Waals surface area contributed by atoms with Crippen molar-refractivity contribution in [3.8, 4) is 0 Å². The highest BCUT2D eigenvalue weighted by atomic mass is 79.9. The van der Waals surface area contributed by atoms with Gasteiger partial charge in [-0.05, 0) is 24.6 Å². The van der Waals surface area contributed by atoms with Gasteiger partial charge in [0.05, 0.1) is 5.69 Å². The van der Waals surface area contributed by atoms with Crippen LogP contribution in [0.5, 0.6) is 0 Å². The van der Waals surface area contributed by atoms with E-state index in [1.165, 1.54) is 0 Å². The molecule has 15 heavy (non-hydrogen) atoms. The molecule has 0 fully saturated rings. The molecular formula is C12H19BrN2. The van der Waals surface area contributed by atoms with Crippen molar-refractivity contribution in [1.29, 1.82) is 0 Å². The molecule has 1 rings (SSSR count). The quantitative estimate of drug-likeness (QED) is 0.765. The molecule has 0 saturated carbocycles. The predicted octanol–water partition coefficient (Wildman–Crippen LogP) is 2.93. The summed E-state index contributed by atoms with van der Waals surface area (Å²) in [5.41, 5.74) is 1.44. The SMILES string of the molecule is CN(Cc1ccccn1)CC(C)(C)CBr. The molecule has 0 N–H and O–H groups in total. The lowest BCUT2D eigenvalue weighted by atomic mass is 9.96. The van der Waals surface area contributed by atoms with Gasteiger partial charge in [-0.15, -0.1) is 0 Å². The van der Waals surface area contributed by atoms with E-state index in [4.69, 9.17) is 0 Å². The summed E-state index contributed by atoms with van der Waals surface area (Å²) < 4.78 is 0. The first-order chi connectivity index (χ1) is 7.03. The lowest BCUT2D eigenvalue weighted by molar-refractivity contribution is 0.224. The Morgan fingerprint density at radius 3 is 2.67 bits per heavy atom. The molecule has 0 unspecified atom stereocenters. The molecule has 3 heteroatoms. The maximum atomic E-state index is 4.32. The van der Waals surface area contributed by atoms with Crippen molar-refractivity contribution in [3.05, 3.63) is 30.1 Å². The van der Waals surface area contributed by atoms with Crippen LogP contribution < -0.4 is 0 Å². The van der Waals surface area contributed by atoms with Crippen LogP contribution in [-0.2, 0) is 6.54 Å². The van der Waals surface area contributed by atoms with E-state index in [0.717, 1.165) is 24.1 Å². The van der Waals surface area contributed by atoms with Gasteiger partial charge in [-0.25, -0.2) is 0 Å². The van der Waals surface area contributed by atoms with Crippen molar-refractivity contribution >= 4 is 15.9 Å². The van der Waals surface area contributed by atoms with Crippen LogP contribution in [-0.4, -0.2) is 28.8 Å². The van der Waals surface area contributed by atoms with E-state index in [1.807, 2.05) is 18.3 Å². The number of pyridine rings is 1. The third-order valence-electron chi connectivity index (χ3n) is 2.22. The normalized spacial score (nSPS) is 12.1. The fourth-order valence-electron chi connectivity index (χ4n) is 1.60. The highest BCUT2D eigenvalue weighted by molar-refractivity contribution is 9.09. The molecule has 0 amide bonds. The van der Waals surface area contributed by atoms with E-state index in [9.17, 15) is 0 Å². The number of rotatable bonds is 5. The average molecular weight is 271 g/mol. The van der Waals surface area contributed by atoms with Crippen molar-refractivity contribution in [2.24, 2.45) is 5.41 Å². The smallest absolute Gasteiger partial charge is 0.0543 e.